The lowest BCUT2D eigenvalue weighted by Crippen LogP contribution is -2.30. The summed E-state index contributed by atoms with van der Waals surface area (Å²) in [6.45, 7) is 3.26. The number of nitrogens with one attached hydrogen (secondary N) is 3. The van der Waals surface area contributed by atoms with Crippen LogP contribution in [0.15, 0.2) is 71.3 Å². The van der Waals surface area contributed by atoms with E-state index in [-0.39, 0.29) is 11.9 Å². The number of ether oxygens (including phenoxy) is 1. The standard InChI is InChI=1S/C23H25N3O4/c1-17-10-11-18(22(27)25-19-7-3-2-4-8-19)15-21(17)26-23(28)24-12-6-13-29-16-20-9-5-14-30-20/h2-5,7-11,14-15H,6,12-13,16H2,1H3,(H,25,27)(H2,24,26,28). The highest BCUT2D eigenvalue weighted by Crippen LogP contribution is 2.18. The molecule has 3 amide bonds. The van der Waals surface area contributed by atoms with Crippen LogP contribution in [-0.4, -0.2) is 25.1 Å². The van der Waals surface area contributed by atoms with E-state index in [4.69, 9.17) is 9.15 Å². The van der Waals surface area contributed by atoms with Gasteiger partial charge in [0.1, 0.15) is 12.4 Å². The number of furan rings is 1. The second kappa shape index (κ2) is 10.8. The van der Waals surface area contributed by atoms with E-state index < -0.39 is 0 Å². The van der Waals surface area contributed by atoms with Gasteiger partial charge < -0.3 is 25.1 Å². The molecule has 0 saturated heterocycles. The molecular weight excluding hydrogens is 382 g/mol. The molecule has 0 aliphatic carbocycles. The van der Waals surface area contributed by atoms with Crippen LogP contribution in [0, 0.1) is 6.92 Å². The van der Waals surface area contributed by atoms with Crippen LogP contribution in [-0.2, 0) is 11.3 Å². The van der Waals surface area contributed by atoms with E-state index >= 15 is 0 Å². The van der Waals surface area contributed by atoms with E-state index in [1.54, 1.807) is 24.5 Å². The summed E-state index contributed by atoms with van der Waals surface area (Å²) in [7, 11) is 0. The molecule has 3 aromatic rings. The summed E-state index contributed by atoms with van der Waals surface area (Å²) in [5.74, 6) is 0.533. The summed E-state index contributed by atoms with van der Waals surface area (Å²) >= 11 is 0. The minimum atomic E-state index is -0.329. The van der Waals surface area contributed by atoms with Crippen LogP contribution in [0.5, 0.6) is 0 Å². The minimum Gasteiger partial charge on any atom is -0.467 e. The van der Waals surface area contributed by atoms with Crippen LogP contribution in [0.25, 0.3) is 0 Å². The fourth-order valence-corrected chi connectivity index (χ4v) is 2.73. The monoisotopic (exact) mass is 407 g/mol. The maximum Gasteiger partial charge on any atom is 0.319 e. The molecule has 0 aliphatic rings. The van der Waals surface area contributed by atoms with E-state index in [2.05, 4.69) is 16.0 Å². The summed E-state index contributed by atoms with van der Waals surface area (Å²) in [5, 5.41) is 8.42. The second-order valence-corrected chi connectivity index (χ2v) is 6.72. The summed E-state index contributed by atoms with van der Waals surface area (Å²) in [6.07, 6.45) is 2.28. The van der Waals surface area contributed by atoms with Gasteiger partial charge in [0, 0.05) is 30.1 Å². The smallest absolute Gasteiger partial charge is 0.319 e. The second-order valence-electron chi connectivity index (χ2n) is 6.72. The van der Waals surface area contributed by atoms with Crippen molar-refractivity contribution in [2.75, 3.05) is 23.8 Å². The van der Waals surface area contributed by atoms with Crippen molar-refractivity contribution in [2.45, 2.75) is 20.0 Å². The number of amides is 3. The van der Waals surface area contributed by atoms with Crippen molar-refractivity contribution in [2.24, 2.45) is 0 Å². The van der Waals surface area contributed by atoms with Gasteiger partial charge in [0.15, 0.2) is 0 Å². The van der Waals surface area contributed by atoms with Crippen LogP contribution in [0.2, 0.25) is 0 Å². The van der Waals surface area contributed by atoms with Crippen molar-refractivity contribution in [1.82, 2.24) is 5.32 Å². The van der Waals surface area contributed by atoms with E-state index in [9.17, 15) is 9.59 Å². The van der Waals surface area contributed by atoms with E-state index in [0.717, 1.165) is 11.3 Å². The van der Waals surface area contributed by atoms with Crippen molar-refractivity contribution in [3.05, 3.63) is 83.8 Å². The number of para-hydroxylation sites is 1. The predicted octanol–water partition coefficient (Wildman–Crippen LogP) is 4.57. The molecule has 0 atom stereocenters. The van der Waals surface area contributed by atoms with Crippen LogP contribution < -0.4 is 16.0 Å². The number of hydrogen-bond acceptors (Lipinski definition) is 4. The highest BCUT2D eigenvalue weighted by molar-refractivity contribution is 6.05. The lowest BCUT2D eigenvalue weighted by atomic mass is 10.1. The molecule has 0 spiro atoms. The Bertz CT molecular complexity index is 956. The fraction of sp³-hybridized carbons (Fsp3) is 0.217. The van der Waals surface area contributed by atoms with Crippen molar-refractivity contribution < 1.29 is 18.7 Å². The number of carbonyl (C=O) groups is 2. The van der Waals surface area contributed by atoms with E-state index in [0.29, 0.717) is 43.1 Å². The summed E-state index contributed by atoms with van der Waals surface area (Å²) in [4.78, 5) is 24.6. The number of rotatable bonds is 9. The quantitative estimate of drug-likeness (QED) is 0.453. The molecular formula is C23H25N3O4. The first-order valence-electron chi connectivity index (χ1n) is 9.74. The predicted molar refractivity (Wildman–Crippen MR) is 116 cm³/mol. The highest BCUT2D eigenvalue weighted by atomic mass is 16.5. The molecule has 0 radical (unpaired) electrons. The third kappa shape index (κ3) is 6.49. The zero-order chi connectivity index (χ0) is 21.2. The average molecular weight is 407 g/mol. The molecule has 0 unspecified atom stereocenters. The van der Waals surface area contributed by atoms with Gasteiger partial charge in [0.05, 0.1) is 6.26 Å². The molecule has 3 N–H and O–H groups in total. The van der Waals surface area contributed by atoms with Crippen LogP contribution in [0.4, 0.5) is 16.2 Å². The summed E-state index contributed by atoms with van der Waals surface area (Å²) in [6, 6.07) is 17.7. The van der Waals surface area contributed by atoms with Crippen LogP contribution in [0.1, 0.15) is 28.1 Å². The number of carbonyl (C=O) groups excluding carboxylic acids is 2. The van der Waals surface area contributed by atoms with Crippen molar-refractivity contribution in [3.63, 3.8) is 0 Å². The zero-order valence-electron chi connectivity index (χ0n) is 16.8. The molecule has 156 valence electrons. The molecule has 0 fully saturated rings. The number of anilines is 2. The molecule has 1 aromatic heterocycles. The van der Waals surface area contributed by atoms with Gasteiger partial charge in [-0.05, 0) is 55.3 Å². The molecule has 0 bridgehead atoms. The van der Waals surface area contributed by atoms with Crippen molar-refractivity contribution in [1.29, 1.82) is 0 Å². The largest absolute Gasteiger partial charge is 0.467 e. The van der Waals surface area contributed by atoms with E-state index in [1.807, 2.05) is 49.4 Å². The van der Waals surface area contributed by atoms with Crippen molar-refractivity contribution in [3.8, 4) is 0 Å². The first-order chi connectivity index (χ1) is 14.6. The first-order valence-corrected chi connectivity index (χ1v) is 9.74. The van der Waals surface area contributed by atoms with Gasteiger partial charge >= 0.3 is 6.03 Å². The molecule has 2 aromatic carbocycles. The van der Waals surface area contributed by atoms with Gasteiger partial charge in [-0.2, -0.15) is 0 Å². The molecule has 30 heavy (non-hydrogen) atoms. The Labute approximate surface area is 175 Å². The Hall–Kier alpha value is -3.58. The maximum atomic E-state index is 12.5. The Kier molecular flexibility index (Phi) is 7.63. The molecule has 3 rings (SSSR count). The minimum absolute atomic E-state index is 0.238. The molecule has 0 aliphatic heterocycles. The van der Waals surface area contributed by atoms with Gasteiger partial charge in [-0.15, -0.1) is 0 Å². The highest BCUT2D eigenvalue weighted by Gasteiger charge is 2.10. The number of benzene rings is 2. The van der Waals surface area contributed by atoms with Gasteiger partial charge in [-0.1, -0.05) is 24.3 Å². The van der Waals surface area contributed by atoms with Gasteiger partial charge in [-0.25, -0.2) is 4.79 Å². The average Bonchev–Trinajstić information content (AvgIpc) is 3.26. The Balaban J connectivity index is 1.44. The normalized spacial score (nSPS) is 10.4. The van der Waals surface area contributed by atoms with E-state index in [1.165, 1.54) is 0 Å². The third-order valence-electron chi connectivity index (χ3n) is 4.36. The zero-order valence-corrected chi connectivity index (χ0v) is 16.8. The SMILES string of the molecule is Cc1ccc(C(=O)Nc2ccccc2)cc1NC(=O)NCCCOCc1ccco1. The Morgan fingerprint density at radius 2 is 1.83 bits per heavy atom. The van der Waals surface area contributed by atoms with Crippen LogP contribution >= 0.6 is 0 Å². The Morgan fingerprint density at radius 1 is 1.00 bits per heavy atom. The first kappa shape index (κ1) is 21.1. The number of hydrogen-bond donors (Lipinski definition) is 3. The van der Waals surface area contributed by atoms with Crippen molar-refractivity contribution >= 4 is 23.3 Å². The number of urea groups is 1. The number of aryl methyl sites for hydroxylation is 1. The third-order valence-corrected chi connectivity index (χ3v) is 4.36. The van der Waals surface area contributed by atoms with Gasteiger partial charge in [-0.3, -0.25) is 4.79 Å². The van der Waals surface area contributed by atoms with Gasteiger partial charge in [0.25, 0.3) is 5.91 Å². The summed E-state index contributed by atoms with van der Waals surface area (Å²) in [5.41, 5.74) is 2.63. The lowest BCUT2D eigenvalue weighted by Gasteiger charge is -2.12. The molecule has 1 heterocycles. The Morgan fingerprint density at radius 3 is 2.60 bits per heavy atom. The topological polar surface area (TPSA) is 92.6 Å². The van der Waals surface area contributed by atoms with Crippen LogP contribution in [0.3, 0.4) is 0 Å². The van der Waals surface area contributed by atoms with Gasteiger partial charge in [0.2, 0.25) is 0 Å². The molecule has 0 saturated carbocycles. The molecule has 7 heteroatoms. The fourth-order valence-electron chi connectivity index (χ4n) is 2.73. The lowest BCUT2D eigenvalue weighted by molar-refractivity contribution is 0.102. The maximum absolute atomic E-state index is 12.5. The summed E-state index contributed by atoms with van der Waals surface area (Å²) < 4.78 is 10.7. The molecule has 7 nitrogen and oxygen atoms in total.